The minimum absolute atomic E-state index is 0.242. The van der Waals surface area contributed by atoms with E-state index < -0.39 is 0 Å². The van der Waals surface area contributed by atoms with E-state index in [1.165, 1.54) is 18.4 Å². The van der Waals surface area contributed by atoms with Gasteiger partial charge in [0.05, 0.1) is 0 Å². The van der Waals surface area contributed by atoms with Crippen LogP contribution in [0, 0.1) is 11.8 Å². The van der Waals surface area contributed by atoms with Gasteiger partial charge in [0.1, 0.15) is 6.29 Å². The highest BCUT2D eigenvalue weighted by atomic mass is 16.1. The van der Waals surface area contributed by atoms with Crippen molar-refractivity contribution in [1.82, 2.24) is 0 Å². The minimum atomic E-state index is 0.242. The van der Waals surface area contributed by atoms with Crippen molar-refractivity contribution in [3.63, 3.8) is 0 Å². The second kappa shape index (κ2) is 4.44. The Balaban J connectivity index is 2.54. The summed E-state index contributed by atoms with van der Waals surface area (Å²) in [6.45, 7) is 4.43. The van der Waals surface area contributed by atoms with Crippen LogP contribution in [-0.4, -0.2) is 6.29 Å². The van der Waals surface area contributed by atoms with Crippen molar-refractivity contribution in [3.05, 3.63) is 11.6 Å². The predicted molar refractivity (Wildman–Crippen MR) is 50.9 cm³/mol. The maximum Gasteiger partial charge on any atom is 0.127 e. The van der Waals surface area contributed by atoms with Crippen molar-refractivity contribution in [2.75, 3.05) is 0 Å². The van der Waals surface area contributed by atoms with E-state index >= 15 is 0 Å². The van der Waals surface area contributed by atoms with Gasteiger partial charge in [0.2, 0.25) is 0 Å². The van der Waals surface area contributed by atoms with Crippen molar-refractivity contribution in [2.24, 2.45) is 11.8 Å². The monoisotopic (exact) mass is 166 g/mol. The SMILES string of the molecule is CCCC(C)C1=CCCC1C=O. The van der Waals surface area contributed by atoms with E-state index in [0.717, 1.165) is 19.1 Å². The second-order valence-electron chi connectivity index (χ2n) is 3.71. The summed E-state index contributed by atoms with van der Waals surface area (Å²) in [4.78, 5) is 10.7. The Kier molecular flexibility index (Phi) is 3.51. The zero-order chi connectivity index (χ0) is 8.97. The average Bonchev–Trinajstić information content (AvgIpc) is 2.51. The molecule has 2 unspecified atom stereocenters. The van der Waals surface area contributed by atoms with Crippen LogP contribution in [0.1, 0.15) is 39.5 Å². The molecule has 0 radical (unpaired) electrons. The van der Waals surface area contributed by atoms with Gasteiger partial charge >= 0.3 is 0 Å². The highest BCUT2D eigenvalue weighted by Gasteiger charge is 2.22. The Morgan fingerprint density at radius 3 is 3.08 bits per heavy atom. The molecule has 1 aliphatic rings. The van der Waals surface area contributed by atoms with Crippen LogP contribution in [0.5, 0.6) is 0 Å². The van der Waals surface area contributed by atoms with E-state index in [0.29, 0.717) is 5.92 Å². The molecule has 0 spiro atoms. The number of carbonyl (C=O) groups excluding carboxylic acids is 1. The van der Waals surface area contributed by atoms with Gasteiger partial charge in [-0.25, -0.2) is 0 Å². The van der Waals surface area contributed by atoms with Gasteiger partial charge in [-0.3, -0.25) is 0 Å². The molecular weight excluding hydrogens is 148 g/mol. The molecule has 0 saturated carbocycles. The summed E-state index contributed by atoms with van der Waals surface area (Å²) < 4.78 is 0. The molecule has 0 saturated heterocycles. The molecule has 12 heavy (non-hydrogen) atoms. The molecular formula is C11H18O. The number of aldehydes is 1. The van der Waals surface area contributed by atoms with Crippen molar-refractivity contribution >= 4 is 6.29 Å². The van der Waals surface area contributed by atoms with Crippen LogP contribution in [0.15, 0.2) is 11.6 Å². The molecule has 68 valence electrons. The summed E-state index contributed by atoms with van der Waals surface area (Å²) in [5.74, 6) is 0.860. The van der Waals surface area contributed by atoms with Crippen LogP contribution in [0.3, 0.4) is 0 Å². The maximum atomic E-state index is 10.7. The molecule has 2 atom stereocenters. The molecule has 0 aliphatic heterocycles. The molecule has 0 fully saturated rings. The first-order chi connectivity index (χ1) is 5.79. The highest BCUT2D eigenvalue weighted by molar-refractivity contribution is 5.60. The predicted octanol–water partition coefficient (Wildman–Crippen LogP) is 2.96. The van der Waals surface area contributed by atoms with Crippen LogP contribution in [0.4, 0.5) is 0 Å². The van der Waals surface area contributed by atoms with E-state index in [1.54, 1.807) is 0 Å². The Morgan fingerprint density at radius 1 is 1.75 bits per heavy atom. The summed E-state index contributed by atoms with van der Waals surface area (Å²) in [5, 5.41) is 0. The average molecular weight is 166 g/mol. The molecule has 1 rings (SSSR count). The number of allylic oxidation sites excluding steroid dienone is 2. The molecule has 0 bridgehead atoms. The number of carbonyl (C=O) groups is 1. The molecule has 1 nitrogen and oxygen atoms in total. The smallest absolute Gasteiger partial charge is 0.127 e. The Labute approximate surface area is 74.9 Å². The summed E-state index contributed by atoms with van der Waals surface area (Å²) in [6, 6.07) is 0. The van der Waals surface area contributed by atoms with Gasteiger partial charge in [0.15, 0.2) is 0 Å². The molecule has 0 aromatic heterocycles. The quantitative estimate of drug-likeness (QED) is 0.463. The Hall–Kier alpha value is -0.590. The lowest BCUT2D eigenvalue weighted by molar-refractivity contribution is -0.110. The molecule has 1 aliphatic carbocycles. The van der Waals surface area contributed by atoms with E-state index in [9.17, 15) is 4.79 Å². The third-order valence-corrected chi connectivity index (χ3v) is 2.74. The molecule has 0 aromatic carbocycles. The third-order valence-electron chi connectivity index (χ3n) is 2.74. The number of hydrogen-bond acceptors (Lipinski definition) is 1. The molecule has 0 aromatic rings. The Bertz CT molecular complexity index is 181. The van der Waals surface area contributed by atoms with Gasteiger partial charge in [-0.2, -0.15) is 0 Å². The summed E-state index contributed by atoms with van der Waals surface area (Å²) in [5.41, 5.74) is 1.40. The maximum absolute atomic E-state index is 10.7. The fourth-order valence-electron chi connectivity index (χ4n) is 2.06. The van der Waals surface area contributed by atoms with Gasteiger partial charge < -0.3 is 4.79 Å². The van der Waals surface area contributed by atoms with Gasteiger partial charge in [-0.05, 0) is 25.2 Å². The summed E-state index contributed by atoms with van der Waals surface area (Å²) in [7, 11) is 0. The summed E-state index contributed by atoms with van der Waals surface area (Å²) >= 11 is 0. The molecule has 0 N–H and O–H groups in total. The number of hydrogen-bond donors (Lipinski definition) is 0. The van der Waals surface area contributed by atoms with Gasteiger partial charge in [-0.1, -0.05) is 31.9 Å². The highest BCUT2D eigenvalue weighted by Crippen LogP contribution is 2.31. The van der Waals surface area contributed by atoms with Crippen LogP contribution < -0.4 is 0 Å². The lowest BCUT2D eigenvalue weighted by atomic mass is 9.89. The van der Waals surface area contributed by atoms with E-state index in [1.807, 2.05) is 0 Å². The van der Waals surface area contributed by atoms with E-state index in [2.05, 4.69) is 19.9 Å². The van der Waals surface area contributed by atoms with Crippen molar-refractivity contribution in [3.8, 4) is 0 Å². The van der Waals surface area contributed by atoms with E-state index in [4.69, 9.17) is 0 Å². The van der Waals surface area contributed by atoms with Crippen LogP contribution in [0.25, 0.3) is 0 Å². The number of rotatable bonds is 4. The fourth-order valence-corrected chi connectivity index (χ4v) is 2.06. The zero-order valence-electron chi connectivity index (χ0n) is 8.05. The van der Waals surface area contributed by atoms with Crippen LogP contribution in [-0.2, 0) is 4.79 Å². The van der Waals surface area contributed by atoms with Crippen LogP contribution >= 0.6 is 0 Å². The lowest BCUT2D eigenvalue weighted by Crippen LogP contribution is -2.08. The van der Waals surface area contributed by atoms with Gasteiger partial charge in [0.25, 0.3) is 0 Å². The van der Waals surface area contributed by atoms with Gasteiger partial charge in [-0.15, -0.1) is 0 Å². The first-order valence-corrected chi connectivity index (χ1v) is 4.94. The zero-order valence-corrected chi connectivity index (χ0v) is 8.05. The van der Waals surface area contributed by atoms with Crippen LogP contribution in [0.2, 0.25) is 0 Å². The van der Waals surface area contributed by atoms with Gasteiger partial charge in [0, 0.05) is 5.92 Å². The largest absolute Gasteiger partial charge is 0.303 e. The molecule has 1 heteroatoms. The Morgan fingerprint density at radius 2 is 2.50 bits per heavy atom. The summed E-state index contributed by atoms with van der Waals surface area (Å²) in [6.07, 6.45) is 7.96. The third kappa shape index (κ3) is 1.96. The minimum Gasteiger partial charge on any atom is -0.303 e. The fraction of sp³-hybridized carbons (Fsp3) is 0.727. The van der Waals surface area contributed by atoms with Crippen molar-refractivity contribution in [1.29, 1.82) is 0 Å². The first-order valence-electron chi connectivity index (χ1n) is 4.94. The lowest BCUT2D eigenvalue weighted by Gasteiger charge is -2.15. The van der Waals surface area contributed by atoms with E-state index in [-0.39, 0.29) is 5.92 Å². The molecule has 0 amide bonds. The second-order valence-corrected chi connectivity index (χ2v) is 3.71. The first kappa shape index (κ1) is 9.50. The van der Waals surface area contributed by atoms with Crippen molar-refractivity contribution < 1.29 is 4.79 Å². The normalized spacial score (nSPS) is 25.2. The molecule has 0 heterocycles. The van der Waals surface area contributed by atoms with Crippen molar-refractivity contribution in [2.45, 2.75) is 39.5 Å². The standard InChI is InChI=1S/C11H18O/c1-3-5-9(2)11-7-4-6-10(11)8-12/h7-10H,3-6H2,1-2H3. The topological polar surface area (TPSA) is 17.1 Å².